The van der Waals surface area contributed by atoms with Gasteiger partial charge in [0.1, 0.15) is 11.6 Å². The number of aromatic nitrogens is 5. The first-order valence-corrected chi connectivity index (χ1v) is 13.4. The second kappa shape index (κ2) is 13.7. The molecule has 46 heavy (non-hydrogen) atoms. The molecule has 2 amide bonds. The normalized spacial score (nSPS) is 12.3. The fraction of sp³-hybridized carbons (Fsp3) is 0.138. The van der Waals surface area contributed by atoms with Crippen LogP contribution in [-0.4, -0.2) is 30.8 Å². The molecule has 0 saturated heterocycles. The Kier molecular flexibility index (Phi) is 10.00. The summed E-state index contributed by atoms with van der Waals surface area (Å²) in [6.07, 6.45) is 1.28. The number of pyridine rings is 1. The standard InChI is InChI=1S/C29H23ClF6N8O2/c1-3-4-21(7-5-16(2)22-9-18(29(34,35)36)11-38-25(22)37)46-27-39-13-20(14-40-27)42-26(45)43-23-10-17(28(31,32)33)6-8-24(23)44-15-19(30)12-41-44/h4-15H,2-3H2,1H3,(H2,37,38)(H2,42,43,45)/b7-5-,21-4+. The molecule has 0 aliphatic rings. The second-order valence-electron chi connectivity index (χ2n) is 9.30. The van der Waals surface area contributed by atoms with Gasteiger partial charge in [0, 0.05) is 18.0 Å². The maximum atomic E-state index is 13.3. The molecule has 3 aromatic heterocycles. The predicted octanol–water partition coefficient (Wildman–Crippen LogP) is 7.92. The number of anilines is 3. The molecule has 240 valence electrons. The van der Waals surface area contributed by atoms with Crippen LogP contribution < -0.4 is 21.1 Å². The third-order valence-electron chi connectivity index (χ3n) is 5.91. The van der Waals surface area contributed by atoms with Crippen LogP contribution in [0.25, 0.3) is 11.3 Å². The molecule has 0 aliphatic heterocycles. The van der Waals surface area contributed by atoms with Crippen molar-refractivity contribution in [2.75, 3.05) is 16.4 Å². The Hall–Kier alpha value is -5.38. The maximum absolute atomic E-state index is 13.3. The Morgan fingerprint density at radius 3 is 2.30 bits per heavy atom. The molecule has 0 spiro atoms. The van der Waals surface area contributed by atoms with Crippen molar-refractivity contribution in [2.45, 2.75) is 25.7 Å². The van der Waals surface area contributed by atoms with Crippen molar-refractivity contribution in [3.8, 4) is 11.7 Å². The fourth-order valence-corrected chi connectivity index (χ4v) is 3.91. The van der Waals surface area contributed by atoms with Crippen molar-refractivity contribution in [3.63, 3.8) is 0 Å². The number of urea groups is 1. The largest absolute Gasteiger partial charge is 0.425 e. The minimum Gasteiger partial charge on any atom is -0.425 e. The SMILES string of the molecule is C=C(/C=C\C(=C/CC)Oc1ncc(NC(=O)Nc2cc(C(F)(F)F)ccc2-n2cc(Cl)cn2)cn1)c1cc(C(F)(F)F)cnc1N. The second-order valence-corrected chi connectivity index (χ2v) is 9.73. The molecular weight excluding hydrogens is 642 g/mol. The highest BCUT2D eigenvalue weighted by molar-refractivity contribution is 6.30. The highest BCUT2D eigenvalue weighted by Crippen LogP contribution is 2.34. The number of halogens is 7. The number of nitrogen functional groups attached to an aromatic ring is 1. The van der Waals surface area contributed by atoms with Gasteiger partial charge in [-0.2, -0.15) is 31.4 Å². The average molecular weight is 665 g/mol. The van der Waals surface area contributed by atoms with Gasteiger partial charge in [0.2, 0.25) is 0 Å². The number of hydrogen-bond acceptors (Lipinski definition) is 7. The van der Waals surface area contributed by atoms with Crippen LogP contribution in [0.4, 0.5) is 48.3 Å². The summed E-state index contributed by atoms with van der Waals surface area (Å²) in [6, 6.07) is 2.49. The zero-order valence-electron chi connectivity index (χ0n) is 23.6. The van der Waals surface area contributed by atoms with Crippen LogP contribution in [-0.2, 0) is 12.4 Å². The summed E-state index contributed by atoms with van der Waals surface area (Å²) in [6.45, 7) is 5.57. The molecule has 0 aliphatic carbocycles. The first kappa shape index (κ1) is 33.5. The zero-order chi connectivity index (χ0) is 33.6. The number of rotatable bonds is 9. The van der Waals surface area contributed by atoms with E-state index in [2.05, 4.69) is 37.3 Å². The Bertz CT molecular complexity index is 1800. The molecule has 0 fully saturated rings. The number of allylic oxidation sites excluding steroid dienone is 4. The summed E-state index contributed by atoms with van der Waals surface area (Å²) >= 11 is 5.88. The number of nitrogens with one attached hydrogen (secondary N) is 2. The van der Waals surface area contributed by atoms with E-state index in [1.165, 1.54) is 41.6 Å². The van der Waals surface area contributed by atoms with Crippen LogP contribution in [0.5, 0.6) is 6.01 Å². The first-order chi connectivity index (χ1) is 21.6. The van der Waals surface area contributed by atoms with E-state index in [1.54, 1.807) is 6.08 Å². The molecule has 0 saturated carbocycles. The van der Waals surface area contributed by atoms with Gasteiger partial charge < -0.3 is 21.1 Å². The van der Waals surface area contributed by atoms with E-state index < -0.39 is 29.5 Å². The van der Waals surface area contributed by atoms with E-state index in [-0.39, 0.29) is 50.8 Å². The number of alkyl halides is 6. The number of nitrogens with two attached hydrogens (primary N) is 1. The van der Waals surface area contributed by atoms with Gasteiger partial charge in [-0.05, 0) is 48.4 Å². The monoisotopic (exact) mass is 664 g/mol. The summed E-state index contributed by atoms with van der Waals surface area (Å²) in [7, 11) is 0. The number of amides is 2. The van der Waals surface area contributed by atoms with Crippen LogP contribution in [0.2, 0.25) is 5.02 Å². The molecule has 0 radical (unpaired) electrons. The third-order valence-corrected chi connectivity index (χ3v) is 6.11. The van der Waals surface area contributed by atoms with Crippen molar-refractivity contribution in [1.29, 1.82) is 0 Å². The van der Waals surface area contributed by atoms with Crippen LogP contribution in [0, 0.1) is 0 Å². The van der Waals surface area contributed by atoms with Gasteiger partial charge in [-0.3, -0.25) is 0 Å². The van der Waals surface area contributed by atoms with Crippen LogP contribution in [0.3, 0.4) is 0 Å². The van der Waals surface area contributed by atoms with Crippen molar-refractivity contribution in [2.24, 2.45) is 0 Å². The van der Waals surface area contributed by atoms with Crippen molar-refractivity contribution in [3.05, 3.63) is 108 Å². The zero-order valence-corrected chi connectivity index (χ0v) is 24.4. The van der Waals surface area contributed by atoms with E-state index in [9.17, 15) is 31.1 Å². The fourth-order valence-electron chi connectivity index (χ4n) is 3.77. The molecule has 4 rings (SSSR count). The van der Waals surface area contributed by atoms with E-state index >= 15 is 0 Å². The van der Waals surface area contributed by atoms with E-state index in [0.717, 1.165) is 24.3 Å². The highest BCUT2D eigenvalue weighted by atomic mass is 35.5. The number of carbonyl (C=O) groups is 1. The first-order valence-electron chi connectivity index (χ1n) is 13.0. The van der Waals surface area contributed by atoms with Gasteiger partial charge >= 0.3 is 24.4 Å². The quantitative estimate of drug-likeness (QED) is 0.0941. The molecule has 10 nitrogen and oxygen atoms in total. The topological polar surface area (TPSA) is 133 Å². The van der Waals surface area contributed by atoms with Crippen LogP contribution in [0.15, 0.2) is 85.8 Å². The van der Waals surface area contributed by atoms with Crippen LogP contribution in [0.1, 0.15) is 30.0 Å². The van der Waals surface area contributed by atoms with Crippen molar-refractivity contribution in [1.82, 2.24) is 24.7 Å². The summed E-state index contributed by atoms with van der Waals surface area (Å²) in [5, 5.41) is 8.96. The summed E-state index contributed by atoms with van der Waals surface area (Å²) in [4.78, 5) is 24.3. The lowest BCUT2D eigenvalue weighted by atomic mass is 10.1. The highest BCUT2D eigenvalue weighted by Gasteiger charge is 2.32. The van der Waals surface area contributed by atoms with Gasteiger partial charge in [-0.15, -0.1) is 0 Å². The van der Waals surface area contributed by atoms with Gasteiger partial charge in [-0.25, -0.2) is 24.4 Å². The Balaban J connectivity index is 1.44. The molecule has 17 heteroatoms. The maximum Gasteiger partial charge on any atom is 0.417 e. The van der Waals surface area contributed by atoms with Gasteiger partial charge in [0.25, 0.3) is 0 Å². The molecule has 1 aromatic carbocycles. The lowest BCUT2D eigenvalue weighted by Crippen LogP contribution is -2.21. The average Bonchev–Trinajstić information content (AvgIpc) is 3.41. The lowest BCUT2D eigenvalue weighted by Gasteiger charge is -2.15. The van der Waals surface area contributed by atoms with E-state index in [1.807, 2.05) is 6.92 Å². The number of carbonyl (C=O) groups excluding carboxylic acids is 1. The summed E-state index contributed by atoms with van der Waals surface area (Å²) in [5.41, 5.74) is 3.85. The van der Waals surface area contributed by atoms with E-state index in [4.69, 9.17) is 22.1 Å². The van der Waals surface area contributed by atoms with Gasteiger partial charge in [0.15, 0.2) is 0 Å². The van der Waals surface area contributed by atoms with Crippen molar-refractivity contribution >= 4 is 40.4 Å². The summed E-state index contributed by atoms with van der Waals surface area (Å²) < 4.78 is 86.2. The number of hydrogen-bond donors (Lipinski definition) is 3. The minimum atomic E-state index is -4.67. The van der Waals surface area contributed by atoms with Crippen molar-refractivity contribution < 1.29 is 35.9 Å². The number of benzene rings is 1. The lowest BCUT2D eigenvalue weighted by molar-refractivity contribution is -0.138. The number of nitrogens with zero attached hydrogens (tertiary/aromatic N) is 5. The van der Waals surface area contributed by atoms with E-state index in [0.29, 0.717) is 12.6 Å². The van der Waals surface area contributed by atoms with Gasteiger partial charge in [-0.1, -0.05) is 31.2 Å². The summed E-state index contributed by atoms with van der Waals surface area (Å²) in [5.74, 6) is 0.0755. The van der Waals surface area contributed by atoms with Gasteiger partial charge in [0.05, 0.1) is 51.8 Å². The third kappa shape index (κ3) is 8.62. The predicted molar refractivity (Wildman–Crippen MR) is 159 cm³/mol. The Morgan fingerprint density at radius 1 is 1.00 bits per heavy atom. The molecule has 0 bridgehead atoms. The molecular formula is C29H23ClF6N8O2. The molecule has 4 aromatic rings. The minimum absolute atomic E-state index is 0.0162. The van der Waals surface area contributed by atoms with Crippen LogP contribution >= 0.6 is 11.6 Å². The number of ether oxygens (including phenoxy) is 1. The molecule has 0 unspecified atom stereocenters. The molecule has 3 heterocycles. The molecule has 0 atom stereocenters. The Morgan fingerprint density at radius 2 is 1.70 bits per heavy atom. The smallest absolute Gasteiger partial charge is 0.417 e. The Labute approximate surface area is 262 Å². The molecule has 4 N–H and O–H groups in total.